The molecular formula is C16H17FN2O2S. The molecule has 116 valence electrons. The molecule has 3 rings (SSSR count). The van der Waals surface area contributed by atoms with Crippen LogP contribution < -0.4 is 0 Å². The van der Waals surface area contributed by atoms with E-state index in [1.165, 1.54) is 6.07 Å². The average Bonchev–Trinajstić information content (AvgIpc) is 2.93. The van der Waals surface area contributed by atoms with Crippen LogP contribution >= 0.6 is 11.3 Å². The van der Waals surface area contributed by atoms with Crippen molar-refractivity contribution in [1.29, 1.82) is 0 Å². The molecule has 6 heteroatoms. The summed E-state index contributed by atoms with van der Waals surface area (Å²) in [5.74, 6) is -1.55. The predicted octanol–water partition coefficient (Wildman–Crippen LogP) is 3.10. The number of fused-ring (bicyclic) bond motifs is 1. The average molecular weight is 320 g/mol. The van der Waals surface area contributed by atoms with Gasteiger partial charge in [-0.2, -0.15) is 0 Å². The molecule has 1 aromatic heterocycles. The van der Waals surface area contributed by atoms with Gasteiger partial charge >= 0.3 is 5.97 Å². The fourth-order valence-electron chi connectivity index (χ4n) is 2.86. The number of carboxylic acid groups (broad SMARTS) is 1. The highest BCUT2D eigenvalue weighted by Gasteiger charge is 2.23. The Morgan fingerprint density at radius 3 is 3.00 bits per heavy atom. The summed E-state index contributed by atoms with van der Waals surface area (Å²) in [6.07, 6.45) is 1.56. The zero-order valence-electron chi connectivity index (χ0n) is 12.3. The number of thiazole rings is 1. The molecule has 0 atom stereocenters. The first-order valence-electron chi connectivity index (χ1n) is 7.27. The Bertz CT molecular complexity index is 714. The van der Waals surface area contributed by atoms with Crippen molar-refractivity contribution in [2.45, 2.75) is 32.9 Å². The second-order valence-electron chi connectivity index (χ2n) is 5.44. The summed E-state index contributed by atoms with van der Waals surface area (Å²) < 4.78 is 13.6. The van der Waals surface area contributed by atoms with Crippen LogP contribution in [0.3, 0.4) is 0 Å². The molecule has 1 aliphatic heterocycles. The van der Waals surface area contributed by atoms with Crippen LogP contribution in [0.25, 0.3) is 0 Å². The van der Waals surface area contributed by atoms with Crippen molar-refractivity contribution in [1.82, 2.24) is 9.88 Å². The molecule has 2 aromatic rings. The van der Waals surface area contributed by atoms with Crippen LogP contribution in [0, 0.1) is 5.82 Å². The van der Waals surface area contributed by atoms with Gasteiger partial charge in [-0.05, 0) is 36.1 Å². The largest absolute Gasteiger partial charge is 0.478 e. The van der Waals surface area contributed by atoms with Crippen LogP contribution in [-0.2, 0) is 25.9 Å². The van der Waals surface area contributed by atoms with Crippen molar-refractivity contribution in [3.8, 4) is 0 Å². The van der Waals surface area contributed by atoms with E-state index in [2.05, 4.69) is 22.2 Å². The van der Waals surface area contributed by atoms with Crippen molar-refractivity contribution in [2.75, 3.05) is 6.54 Å². The number of hydrogen-bond donors (Lipinski definition) is 1. The smallest absolute Gasteiger partial charge is 0.336 e. The van der Waals surface area contributed by atoms with Gasteiger partial charge in [-0.1, -0.05) is 6.92 Å². The molecule has 0 aliphatic carbocycles. The fourth-order valence-corrected chi connectivity index (χ4v) is 3.59. The molecule has 0 saturated carbocycles. The standard InChI is InChI=1S/C16H17FN2O2S/c1-2-15-18-12(9-22-15)8-19-4-3-13-10(7-19)5-11(17)6-14(13)16(20)21/h5-6,9H,2-4,7-8H2,1H3,(H,20,21). The third-order valence-corrected chi connectivity index (χ3v) is 4.94. The van der Waals surface area contributed by atoms with E-state index in [0.717, 1.165) is 47.4 Å². The molecule has 1 aromatic carbocycles. The van der Waals surface area contributed by atoms with E-state index in [1.807, 2.05) is 0 Å². The van der Waals surface area contributed by atoms with Gasteiger partial charge < -0.3 is 5.11 Å². The van der Waals surface area contributed by atoms with Gasteiger partial charge in [-0.3, -0.25) is 4.90 Å². The molecule has 0 radical (unpaired) electrons. The monoisotopic (exact) mass is 320 g/mol. The number of halogens is 1. The quantitative estimate of drug-likeness (QED) is 0.940. The Morgan fingerprint density at radius 1 is 1.50 bits per heavy atom. The highest BCUT2D eigenvalue weighted by atomic mass is 32.1. The van der Waals surface area contributed by atoms with Gasteiger partial charge in [0.15, 0.2) is 0 Å². The van der Waals surface area contributed by atoms with Gasteiger partial charge in [0.1, 0.15) is 5.82 Å². The third-order valence-electron chi connectivity index (χ3n) is 3.90. The second-order valence-corrected chi connectivity index (χ2v) is 6.39. The van der Waals surface area contributed by atoms with Crippen molar-refractivity contribution in [2.24, 2.45) is 0 Å². The zero-order valence-corrected chi connectivity index (χ0v) is 13.1. The number of carbonyl (C=O) groups is 1. The summed E-state index contributed by atoms with van der Waals surface area (Å²) in [7, 11) is 0. The molecule has 0 bridgehead atoms. The number of nitrogens with zero attached hydrogens (tertiary/aromatic N) is 2. The maximum atomic E-state index is 13.6. The molecule has 1 N–H and O–H groups in total. The highest BCUT2D eigenvalue weighted by molar-refractivity contribution is 7.09. The minimum Gasteiger partial charge on any atom is -0.478 e. The highest BCUT2D eigenvalue weighted by Crippen LogP contribution is 2.25. The molecule has 1 aliphatic rings. The number of benzene rings is 1. The number of aryl methyl sites for hydroxylation is 1. The minimum atomic E-state index is -1.06. The van der Waals surface area contributed by atoms with Crippen LogP contribution in [-0.4, -0.2) is 27.5 Å². The normalized spacial score (nSPS) is 14.8. The van der Waals surface area contributed by atoms with Crippen molar-refractivity contribution < 1.29 is 14.3 Å². The Kier molecular flexibility index (Phi) is 4.22. The zero-order chi connectivity index (χ0) is 15.7. The first-order valence-corrected chi connectivity index (χ1v) is 8.15. The second kappa shape index (κ2) is 6.14. The van der Waals surface area contributed by atoms with Gasteiger partial charge in [0.25, 0.3) is 0 Å². The van der Waals surface area contributed by atoms with E-state index >= 15 is 0 Å². The summed E-state index contributed by atoms with van der Waals surface area (Å²) in [5.41, 5.74) is 2.66. The Hall–Kier alpha value is -1.79. The summed E-state index contributed by atoms with van der Waals surface area (Å²) in [4.78, 5) is 18.0. The van der Waals surface area contributed by atoms with Crippen molar-refractivity contribution in [3.05, 3.63) is 50.7 Å². The molecule has 0 unspecified atom stereocenters. The van der Waals surface area contributed by atoms with Gasteiger partial charge in [-0.15, -0.1) is 11.3 Å². The predicted molar refractivity (Wildman–Crippen MR) is 82.7 cm³/mol. The number of aromatic nitrogens is 1. The lowest BCUT2D eigenvalue weighted by Gasteiger charge is -2.29. The van der Waals surface area contributed by atoms with E-state index in [4.69, 9.17) is 0 Å². The molecule has 0 saturated heterocycles. The maximum Gasteiger partial charge on any atom is 0.336 e. The first-order chi connectivity index (χ1) is 10.6. The molecule has 2 heterocycles. The molecule has 0 fully saturated rings. The van der Waals surface area contributed by atoms with Gasteiger partial charge in [-0.25, -0.2) is 14.2 Å². The number of carboxylic acids is 1. The Balaban J connectivity index is 1.80. The van der Waals surface area contributed by atoms with E-state index in [9.17, 15) is 14.3 Å². The lowest BCUT2D eigenvalue weighted by atomic mass is 9.94. The van der Waals surface area contributed by atoms with E-state index in [-0.39, 0.29) is 5.56 Å². The molecule has 0 amide bonds. The third kappa shape index (κ3) is 3.03. The van der Waals surface area contributed by atoms with Crippen LogP contribution in [0.4, 0.5) is 4.39 Å². The van der Waals surface area contributed by atoms with Crippen molar-refractivity contribution in [3.63, 3.8) is 0 Å². The summed E-state index contributed by atoms with van der Waals surface area (Å²) in [6.45, 7) is 4.12. The van der Waals surface area contributed by atoms with Crippen molar-refractivity contribution >= 4 is 17.3 Å². The van der Waals surface area contributed by atoms with Crippen LogP contribution in [0.2, 0.25) is 0 Å². The maximum absolute atomic E-state index is 13.6. The molecule has 4 nitrogen and oxygen atoms in total. The van der Waals surface area contributed by atoms with E-state index < -0.39 is 11.8 Å². The number of hydrogen-bond acceptors (Lipinski definition) is 4. The van der Waals surface area contributed by atoms with Gasteiger partial charge in [0, 0.05) is 25.0 Å². The van der Waals surface area contributed by atoms with E-state index in [1.54, 1.807) is 11.3 Å². The number of aromatic carboxylic acids is 1. The van der Waals surface area contributed by atoms with Gasteiger partial charge in [0.05, 0.1) is 16.3 Å². The topological polar surface area (TPSA) is 53.4 Å². The van der Waals surface area contributed by atoms with Crippen LogP contribution in [0.15, 0.2) is 17.5 Å². The molecular weight excluding hydrogens is 303 g/mol. The molecule has 22 heavy (non-hydrogen) atoms. The SMILES string of the molecule is CCc1nc(CN2CCc3c(cc(F)cc3C(=O)O)C2)cs1. The summed E-state index contributed by atoms with van der Waals surface area (Å²) >= 11 is 1.66. The fraction of sp³-hybridized carbons (Fsp3) is 0.375. The molecule has 0 spiro atoms. The summed E-state index contributed by atoms with van der Waals surface area (Å²) in [6, 6.07) is 2.57. The van der Waals surface area contributed by atoms with Gasteiger partial charge in [0.2, 0.25) is 0 Å². The van der Waals surface area contributed by atoms with Crippen LogP contribution in [0.1, 0.15) is 39.1 Å². The first kappa shape index (κ1) is 15.1. The van der Waals surface area contributed by atoms with Crippen LogP contribution in [0.5, 0.6) is 0 Å². The Morgan fingerprint density at radius 2 is 2.32 bits per heavy atom. The summed E-state index contributed by atoms with van der Waals surface area (Å²) in [5, 5.41) is 12.4. The minimum absolute atomic E-state index is 0.0941. The number of rotatable bonds is 4. The lowest BCUT2D eigenvalue weighted by molar-refractivity contribution is 0.0694. The van der Waals surface area contributed by atoms with E-state index in [0.29, 0.717) is 13.0 Å². The Labute approximate surface area is 132 Å². The lowest BCUT2D eigenvalue weighted by Crippen LogP contribution is -2.31.